The lowest BCUT2D eigenvalue weighted by atomic mass is 10.2. The van der Waals surface area contributed by atoms with Crippen LogP contribution in [0.1, 0.15) is 24.0 Å². The van der Waals surface area contributed by atoms with Crippen molar-refractivity contribution in [3.63, 3.8) is 0 Å². The number of rotatable bonds is 3. The van der Waals surface area contributed by atoms with Gasteiger partial charge in [0.15, 0.2) is 0 Å². The van der Waals surface area contributed by atoms with Crippen molar-refractivity contribution in [2.45, 2.75) is 37.6 Å². The Morgan fingerprint density at radius 3 is 2.37 bits per heavy atom. The summed E-state index contributed by atoms with van der Waals surface area (Å²) < 4.78 is 26.1. The predicted octanol–water partition coefficient (Wildman–Crippen LogP) is 1.54. The van der Waals surface area contributed by atoms with E-state index in [-0.39, 0.29) is 11.4 Å². The van der Waals surface area contributed by atoms with E-state index in [1.165, 1.54) is 0 Å². The van der Waals surface area contributed by atoms with Crippen LogP contribution >= 0.6 is 0 Å². The van der Waals surface area contributed by atoms with Crippen molar-refractivity contribution in [1.82, 2.24) is 4.31 Å². The molecule has 19 heavy (non-hydrogen) atoms. The number of carboxylic acids is 1. The summed E-state index contributed by atoms with van der Waals surface area (Å²) in [7, 11) is -3.73. The molecule has 1 aromatic rings. The van der Waals surface area contributed by atoms with E-state index in [1.807, 2.05) is 19.9 Å². The van der Waals surface area contributed by atoms with Gasteiger partial charge in [-0.2, -0.15) is 4.31 Å². The van der Waals surface area contributed by atoms with Crippen molar-refractivity contribution in [3.05, 3.63) is 29.3 Å². The van der Waals surface area contributed by atoms with E-state index >= 15 is 0 Å². The summed E-state index contributed by atoms with van der Waals surface area (Å²) in [6, 6.07) is 4.11. The lowest BCUT2D eigenvalue weighted by molar-refractivity contribution is -0.140. The van der Waals surface area contributed by atoms with Crippen LogP contribution in [0, 0.1) is 13.8 Å². The predicted molar refractivity (Wildman–Crippen MR) is 70.5 cm³/mol. The molecule has 0 bridgehead atoms. The molecule has 104 valence electrons. The van der Waals surface area contributed by atoms with Gasteiger partial charge in [0.05, 0.1) is 4.90 Å². The van der Waals surface area contributed by atoms with E-state index in [2.05, 4.69) is 0 Å². The molecule has 1 aliphatic rings. The Labute approximate surface area is 112 Å². The second kappa shape index (κ2) is 4.94. The minimum Gasteiger partial charge on any atom is -0.480 e. The summed E-state index contributed by atoms with van der Waals surface area (Å²) in [6.07, 6.45) is 0.959. The third-order valence-corrected chi connectivity index (χ3v) is 5.18. The molecule has 6 heteroatoms. The summed E-state index contributed by atoms with van der Waals surface area (Å²) in [5.41, 5.74) is 1.70. The summed E-state index contributed by atoms with van der Waals surface area (Å²) >= 11 is 0. The molecule has 1 heterocycles. The zero-order chi connectivity index (χ0) is 14.2. The Kier molecular flexibility index (Phi) is 3.64. The van der Waals surface area contributed by atoms with E-state index in [9.17, 15) is 13.2 Å². The Balaban J connectivity index is 2.44. The fraction of sp³-hybridized carbons (Fsp3) is 0.462. The van der Waals surface area contributed by atoms with Gasteiger partial charge in [-0.15, -0.1) is 0 Å². The van der Waals surface area contributed by atoms with E-state index in [0.29, 0.717) is 12.8 Å². The van der Waals surface area contributed by atoms with Gasteiger partial charge >= 0.3 is 5.97 Å². The third-order valence-electron chi connectivity index (χ3n) is 3.29. The average molecular weight is 283 g/mol. The van der Waals surface area contributed by atoms with Crippen LogP contribution in [0.5, 0.6) is 0 Å². The largest absolute Gasteiger partial charge is 0.480 e. The van der Waals surface area contributed by atoms with Gasteiger partial charge in [0, 0.05) is 6.54 Å². The van der Waals surface area contributed by atoms with E-state index in [1.54, 1.807) is 12.1 Å². The highest BCUT2D eigenvalue weighted by Crippen LogP contribution is 2.27. The molecule has 1 saturated heterocycles. The molecule has 0 aromatic heterocycles. The average Bonchev–Trinajstić information content (AvgIpc) is 2.76. The Morgan fingerprint density at radius 2 is 1.84 bits per heavy atom. The van der Waals surface area contributed by atoms with E-state index in [4.69, 9.17) is 5.11 Å². The highest BCUT2D eigenvalue weighted by molar-refractivity contribution is 7.89. The number of aliphatic carboxylic acids is 1. The first-order valence-electron chi connectivity index (χ1n) is 6.15. The van der Waals surface area contributed by atoms with Gasteiger partial charge in [0.1, 0.15) is 6.04 Å². The Morgan fingerprint density at radius 1 is 1.26 bits per heavy atom. The number of hydrogen-bond acceptors (Lipinski definition) is 3. The Hall–Kier alpha value is -1.40. The van der Waals surface area contributed by atoms with Gasteiger partial charge < -0.3 is 5.11 Å². The molecule has 1 aromatic carbocycles. The molecule has 1 atom stereocenters. The molecule has 0 aliphatic carbocycles. The molecule has 0 amide bonds. The number of sulfonamides is 1. The molecular formula is C13H17NO4S. The zero-order valence-corrected chi connectivity index (χ0v) is 11.8. The fourth-order valence-corrected chi connectivity index (χ4v) is 4.33. The zero-order valence-electron chi connectivity index (χ0n) is 11.0. The maximum Gasteiger partial charge on any atom is 0.322 e. The van der Waals surface area contributed by atoms with E-state index in [0.717, 1.165) is 15.4 Å². The van der Waals surface area contributed by atoms with Crippen LogP contribution in [0.2, 0.25) is 0 Å². The third kappa shape index (κ3) is 2.64. The highest BCUT2D eigenvalue weighted by Gasteiger charge is 2.39. The van der Waals surface area contributed by atoms with Crippen molar-refractivity contribution in [2.75, 3.05) is 6.54 Å². The normalized spacial score (nSPS) is 20.6. The van der Waals surface area contributed by atoms with Crippen LogP contribution in [-0.2, 0) is 14.8 Å². The smallest absolute Gasteiger partial charge is 0.322 e. The van der Waals surface area contributed by atoms with Gasteiger partial charge in [-0.25, -0.2) is 8.42 Å². The number of carbonyl (C=O) groups is 1. The molecule has 0 unspecified atom stereocenters. The van der Waals surface area contributed by atoms with Crippen molar-refractivity contribution in [1.29, 1.82) is 0 Å². The maximum absolute atomic E-state index is 12.5. The lowest BCUT2D eigenvalue weighted by Gasteiger charge is -2.21. The number of hydrogen-bond donors (Lipinski definition) is 1. The topological polar surface area (TPSA) is 74.7 Å². The molecule has 5 nitrogen and oxygen atoms in total. The number of carboxylic acid groups (broad SMARTS) is 1. The fourth-order valence-electron chi connectivity index (χ4n) is 2.49. The molecule has 0 saturated carbocycles. The van der Waals surface area contributed by atoms with Gasteiger partial charge in [-0.1, -0.05) is 6.07 Å². The lowest BCUT2D eigenvalue weighted by Crippen LogP contribution is -2.40. The van der Waals surface area contributed by atoms with Crippen LogP contribution in [0.15, 0.2) is 23.1 Å². The second-order valence-corrected chi connectivity index (χ2v) is 6.83. The van der Waals surface area contributed by atoms with Gasteiger partial charge in [-0.3, -0.25) is 4.79 Å². The van der Waals surface area contributed by atoms with Crippen LogP contribution in [-0.4, -0.2) is 36.4 Å². The Bertz CT molecular complexity index is 589. The van der Waals surface area contributed by atoms with Crippen LogP contribution < -0.4 is 0 Å². The summed E-state index contributed by atoms with van der Waals surface area (Å²) in [5.74, 6) is -1.08. The van der Waals surface area contributed by atoms with Gasteiger partial charge in [0.25, 0.3) is 0 Å². The number of benzene rings is 1. The number of aryl methyl sites for hydroxylation is 2. The molecule has 1 N–H and O–H groups in total. The molecule has 1 aliphatic heterocycles. The maximum atomic E-state index is 12.5. The first kappa shape index (κ1) is 14.0. The van der Waals surface area contributed by atoms with Crippen molar-refractivity contribution in [2.24, 2.45) is 0 Å². The monoisotopic (exact) mass is 283 g/mol. The summed E-state index contributed by atoms with van der Waals surface area (Å²) in [6.45, 7) is 3.92. The number of nitrogens with zero attached hydrogens (tertiary/aromatic N) is 1. The van der Waals surface area contributed by atoms with Crippen LogP contribution in [0.4, 0.5) is 0 Å². The first-order chi connectivity index (χ1) is 8.82. The van der Waals surface area contributed by atoms with Crippen LogP contribution in [0.25, 0.3) is 0 Å². The molecule has 0 radical (unpaired) electrons. The van der Waals surface area contributed by atoms with Crippen molar-refractivity contribution < 1.29 is 18.3 Å². The first-order valence-corrected chi connectivity index (χ1v) is 7.59. The summed E-state index contributed by atoms with van der Waals surface area (Å²) in [5, 5.41) is 9.10. The van der Waals surface area contributed by atoms with E-state index < -0.39 is 22.0 Å². The van der Waals surface area contributed by atoms with Crippen molar-refractivity contribution in [3.8, 4) is 0 Å². The molecular weight excluding hydrogens is 266 g/mol. The van der Waals surface area contributed by atoms with Gasteiger partial charge in [0.2, 0.25) is 10.0 Å². The minimum absolute atomic E-state index is 0.179. The standard InChI is InChI=1S/C13H17NO4S/c1-9-6-10(2)8-11(7-9)19(17,18)14-5-3-4-12(14)13(15)16/h6-8,12H,3-5H2,1-2H3,(H,15,16)/t12-/m0/s1. The minimum atomic E-state index is -3.73. The van der Waals surface area contributed by atoms with Gasteiger partial charge in [-0.05, 0) is 49.9 Å². The highest BCUT2D eigenvalue weighted by atomic mass is 32.2. The second-order valence-electron chi connectivity index (χ2n) is 4.94. The SMILES string of the molecule is Cc1cc(C)cc(S(=O)(=O)N2CCC[C@H]2C(=O)O)c1. The van der Waals surface area contributed by atoms with Crippen molar-refractivity contribution >= 4 is 16.0 Å². The summed E-state index contributed by atoms with van der Waals surface area (Å²) in [4.78, 5) is 11.3. The quantitative estimate of drug-likeness (QED) is 0.913. The molecule has 2 rings (SSSR count). The van der Waals surface area contributed by atoms with Crippen LogP contribution in [0.3, 0.4) is 0 Å². The molecule has 0 spiro atoms. The molecule has 1 fully saturated rings.